The van der Waals surface area contributed by atoms with Gasteiger partial charge in [-0.15, -0.1) is 0 Å². The van der Waals surface area contributed by atoms with Crippen LogP contribution in [0.25, 0.3) is 0 Å². The molecule has 3 rings (SSSR count). The van der Waals surface area contributed by atoms with Gasteiger partial charge < -0.3 is 34.3 Å². The van der Waals surface area contributed by atoms with Crippen molar-refractivity contribution >= 4 is 35.2 Å². The molecule has 0 bridgehead atoms. The fourth-order valence-corrected chi connectivity index (χ4v) is 8.63. The Morgan fingerprint density at radius 3 is 0.803 bits per heavy atom. The number of thiocarbonyl (C=S) groups is 1. The molecule has 396 valence electrons. The highest BCUT2D eigenvalue weighted by atomic mass is 32.1. The smallest absolute Gasteiger partial charge is 0.306 e. The number of rotatable bonds is 19. The van der Waals surface area contributed by atoms with Gasteiger partial charge >= 0.3 is 17.9 Å². The molecule has 0 aliphatic carbocycles. The molecule has 10 nitrogen and oxygen atoms in total. The molecule has 11 heteroatoms. The third-order valence-electron chi connectivity index (χ3n) is 12.8. The van der Waals surface area contributed by atoms with E-state index in [4.69, 9.17) is 31.2 Å². The Bertz CT molecular complexity index is 2000. The number of esters is 3. The Morgan fingerprint density at radius 1 is 0.394 bits per heavy atom. The Kier molecular flexibility index (Phi) is 20.1. The van der Waals surface area contributed by atoms with Crippen LogP contribution in [0.4, 0.5) is 0 Å². The van der Waals surface area contributed by atoms with E-state index in [2.05, 4.69) is 0 Å². The number of aryl methyl sites for hydroxylation is 3. The van der Waals surface area contributed by atoms with Crippen LogP contribution in [0.1, 0.15) is 214 Å². The molecule has 0 fully saturated rings. The van der Waals surface area contributed by atoms with Crippen molar-refractivity contribution in [2.75, 3.05) is 26.4 Å². The van der Waals surface area contributed by atoms with Gasteiger partial charge in [0, 0.05) is 25.7 Å². The van der Waals surface area contributed by atoms with Crippen molar-refractivity contribution < 1.29 is 48.7 Å². The van der Waals surface area contributed by atoms with Crippen LogP contribution in [0.15, 0.2) is 36.4 Å². The molecule has 0 aliphatic heterocycles. The Labute approximate surface area is 433 Å². The van der Waals surface area contributed by atoms with Gasteiger partial charge in [0.25, 0.3) is 0 Å². The first-order chi connectivity index (χ1) is 32.3. The highest BCUT2D eigenvalue weighted by Gasteiger charge is 2.38. The van der Waals surface area contributed by atoms with Gasteiger partial charge in [0.05, 0.1) is 0 Å². The molecule has 71 heavy (non-hydrogen) atoms. The summed E-state index contributed by atoms with van der Waals surface area (Å²) in [7, 11) is 0. The van der Waals surface area contributed by atoms with Gasteiger partial charge in [0.15, 0.2) is 5.05 Å². The van der Waals surface area contributed by atoms with Crippen molar-refractivity contribution in [1.82, 2.24) is 0 Å². The summed E-state index contributed by atoms with van der Waals surface area (Å²) in [6.07, 6.45) is 2.29. The van der Waals surface area contributed by atoms with E-state index in [1.807, 2.05) is 168 Å². The fourth-order valence-electron chi connectivity index (χ4n) is 8.36. The van der Waals surface area contributed by atoms with Crippen LogP contribution in [-0.2, 0) is 85.1 Å². The van der Waals surface area contributed by atoms with Gasteiger partial charge in [0.2, 0.25) is 0 Å². The van der Waals surface area contributed by atoms with E-state index in [1.165, 1.54) is 0 Å². The molecule has 0 spiro atoms. The van der Waals surface area contributed by atoms with Crippen LogP contribution < -0.4 is 0 Å². The second kappa shape index (κ2) is 23.5. The van der Waals surface area contributed by atoms with Crippen LogP contribution in [-0.4, -0.2) is 64.7 Å². The number of phenols is 3. The fraction of sp³-hybridized carbons (Fsp3) is 0.633. The van der Waals surface area contributed by atoms with E-state index in [1.54, 1.807) is 0 Å². The lowest BCUT2D eigenvalue weighted by atomic mass is 9.78. The number of carbonyl (C=O) groups excluding carboxylic acids is 3. The molecule has 0 radical (unpaired) electrons. The normalized spacial score (nSPS) is 12.9. The molecule has 3 N–H and O–H groups in total. The van der Waals surface area contributed by atoms with E-state index < -0.39 is 23.3 Å². The number of hydrogen-bond donors (Lipinski definition) is 3. The summed E-state index contributed by atoms with van der Waals surface area (Å²) in [6, 6.07) is 11.7. The summed E-state index contributed by atoms with van der Waals surface area (Å²) in [5, 5.41) is 34.2. The quantitative estimate of drug-likeness (QED) is 0.0598. The molecule has 0 amide bonds. The van der Waals surface area contributed by atoms with Crippen LogP contribution in [0.2, 0.25) is 0 Å². The van der Waals surface area contributed by atoms with Gasteiger partial charge in [-0.1, -0.05) is 168 Å². The van der Waals surface area contributed by atoms with E-state index in [0.29, 0.717) is 30.7 Å². The first kappa shape index (κ1) is 60.7. The molecule has 3 aromatic rings. The van der Waals surface area contributed by atoms with Crippen molar-refractivity contribution in [1.29, 1.82) is 0 Å². The summed E-state index contributed by atoms with van der Waals surface area (Å²) in [6.45, 7) is 37.6. The van der Waals surface area contributed by atoms with Gasteiger partial charge in [0.1, 0.15) is 49.1 Å². The zero-order valence-electron chi connectivity index (χ0n) is 47.1. The van der Waals surface area contributed by atoms with Crippen molar-refractivity contribution in [3.8, 4) is 17.2 Å². The lowest BCUT2D eigenvalue weighted by Gasteiger charge is -2.32. The number of carbonyl (C=O) groups is 3. The van der Waals surface area contributed by atoms with Crippen LogP contribution in [0, 0.1) is 5.41 Å². The standard InChI is InChI=1S/C60H90O10S/c1-20-21-50(71)70-37-60(34-67-47(61)25-22-38-28-41(54(2,3)4)51(64)42(29-38)55(5,6)7,35-68-48(62)26-23-39-30-43(56(8,9)10)52(65)44(31-39)57(11,12)13)36-69-49(63)27-24-40-32-45(58(14,15)16)53(66)46(33-40)59(17,18)19/h28-33,64-66H,20-27,34-37H2,1-19H3. The van der Waals surface area contributed by atoms with Crippen molar-refractivity contribution in [3.05, 3.63) is 86.5 Å². The molecule has 0 saturated heterocycles. The molecule has 0 heterocycles. The second-order valence-corrected chi connectivity index (χ2v) is 26.5. The van der Waals surface area contributed by atoms with E-state index >= 15 is 0 Å². The predicted molar refractivity (Wildman–Crippen MR) is 290 cm³/mol. The molecular weight excluding hydrogens is 913 g/mol. The maximum absolute atomic E-state index is 13.8. The Morgan fingerprint density at radius 2 is 0.606 bits per heavy atom. The molecule has 0 aromatic heterocycles. The van der Waals surface area contributed by atoms with Crippen LogP contribution in [0.5, 0.6) is 17.2 Å². The summed E-state index contributed by atoms with van der Waals surface area (Å²) in [4.78, 5) is 41.3. The molecule has 0 atom stereocenters. The zero-order chi connectivity index (χ0) is 54.3. The average molecular weight is 1000 g/mol. The van der Waals surface area contributed by atoms with Gasteiger partial charge in [-0.3, -0.25) is 14.4 Å². The van der Waals surface area contributed by atoms with Crippen molar-refractivity contribution in [3.63, 3.8) is 0 Å². The maximum atomic E-state index is 13.8. The first-order valence-electron chi connectivity index (χ1n) is 25.5. The van der Waals surface area contributed by atoms with Gasteiger partial charge in [-0.2, -0.15) is 0 Å². The monoisotopic (exact) mass is 1000 g/mol. The molecule has 3 aromatic carbocycles. The largest absolute Gasteiger partial charge is 0.507 e. The number of hydrogen-bond acceptors (Lipinski definition) is 11. The summed E-state index contributed by atoms with van der Waals surface area (Å²) >= 11 is 5.56. The highest BCUT2D eigenvalue weighted by Crippen LogP contribution is 2.43. The maximum Gasteiger partial charge on any atom is 0.306 e. The summed E-state index contributed by atoms with van der Waals surface area (Å²) in [5.74, 6) is -0.778. The highest BCUT2D eigenvalue weighted by molar-refractivity contribution is 7.80. The number of benzene rings is 3. The van der Waals surface area contributed by atoms with Crippen molar-refractivity contribution in [2.45, 2.75) is 215 Å². The minimum atomic E-state index is -1.34. The minimum absolute atomic E-state index is 0.0160. The van der Waals surface area contributed by atoms with Crippen LogP contribution in [0.3, 0.4) is 0 Å². The topological polar surface area (TPSA) is 149 Å². The number of phenolic OH excluding ortho intramolecular Hbond substituents is 3. The van der Waals surface area contributed by atoms with Gasteiger partial charge in [-0.05, 0) is 120 Å². The van der Waals surface area contributed by atoms with Crippen molar-refractivity contribution in [2.24, 2.45) is 5.41 Å². The number of aromatic hydroxyl groups is 3. The summed E-state index contributed by atoms with van der Waals surface area (Å²) < 4.78 is 24.2. The molecular formula is C60H90O10S. The van der Waals surface area contributed by atoms with E-state index in [0.717, 1.165) is 56.5 Å². The lowest BCUT2D eigenvalue weighted by Crippen LogP contribution is -2.44. The average Bonchev–Trinajstić information content (AvgIpc) is 3.22. The minimum Gasteiger partial charge on any atom is -0.507 e. The molecule has 0 aliphatic rings. The predicted octanol–water partition coefficient (Wildman–Crippen LogP) is 13.5. The Hall–Kier alpha value is -4.64. The van der Waals surface area contributed by atoms with Gasteiger partial charge in [-0.25, -0.2) is 0 Å². The summed E-state index contributed by atoms with van der Waals surface area (Å²) in [5.41, 5.74) is 3.96. The van der Waals surface area contributed by atoms with Crippen LogP contribution >= 0.6 is 12.2 Å². The second-order valence-electron chi connectivity index (χ2n) is 26.0. The molecule has 0 unspecified atom stereocenters. The third kappa shape index (κ3) is 17.8. The Balaban J connectivity index is 1.98. The third-order valence-corrected chi connectivity index (χ3v) is 13.1. The van der Waals surface area contributed by atoms with E-state index in [9.17, 15) is 29.7 Å². The SMILES string of the molecule is CCCC(=S)OCC(COC(=O)CCc1cc(C(C)(C)C)c(O)c(C(C)(C)C)c1)(COC(=O)CCc1cc(C(C)(C)C)c(O)c(C(C)(C)C)c1)COC(=O)CCc1cc(C(C)(C)C)c(O)c(C(C)(C)C)c1. The zero-order valence-corrected chi connectivity index (χ0v) is 47.9. The number of ether oxygens (including phenoxy) is 4. The lowest BCUT2D eigenvalue weighted by molar-refractivity contribution is -0.164. The first-order valence-corrected chi connectivity index (χ1v) is 25.9. The van der Waals surface area contributed by atoms with E-state index in [-0.39, 0.29) is 95.4 Å². The molecule has 0 saturated carbocycles.